The number of hydrogen-bond acceptors (Lipinski definition) is 3. The van der Waals surface area contributed by atoms with Crippen LogP contribution in [0.3, 0.4) is 0 Å². The van der Waals surface area contributed by atoms with E-state index in [-0.39, 0.29) is 0 Å². The van der Waals surface area contributed by atoms with E-state index < -0.39 is 0 Å². The van der Waals surface area contributed by atoms with Crippen molar-refractivity contribution in [2.45, 2.75) is 26.9 Å². The molecular formula is C20H29N3O2. The molecule has 136 valence electrons. The highest BCUT2D eigenvalue weighted by atomic mass is 16.5. The fourth-order valence-corrected chi connectivity index (χ4v) is 2.35. The van der Waals surface area contributed by atoms with Crippen LogP contribution in [0, 0.1) is 5.92 Å². The average Bonchev–Trinajstić information content (AvgIpc) is 3.14. The van der Waals surface area contributed by atoms with Crippen molar-refractivity contribution in [2.75, 3.05) is 26.2 Å². The van der Waals surface area contributed by atoms with Crippen LogP contribution in [-0.2, 0) is 17.8 Å². The van der Waals surface area contributed by atoms with E-state index >= 15 is 0 Å². The van der Waals surface area contributed by atoms with Crippen LogP contribution in [-0.4, -0.2) is 32.2 Å². The second kappa shape index (κ2) is 11.3. The van der Waals surface area contributed by atoms with Crippen molar-refractivity contribution in [3.8, 4) is 0 Å². The zero-order chi connectivity index (χ0) is 17.7. The van der Waals surface area contributed by atoms with Gasteiger partial charge in [0.1, 0.15) is 5.76 Å². The Bertz CT molecular complexity index is 597. The SMILES string of the molecule is CCNC(=NCC(C)COCc1ccccc1)NCCc1ccco1. The number of nitrogens with zero attached hydrogens (tertiary/aromatic N) is 1. The van der Waals surface area contributed by atoms with Crippen LogP contribution in [0.15, 0.2) is 58.1 Å². The molecule has 5 nitrogen and oxygen atoms in total. The van der Waals surface area contributed by atoms with Gasteiger partial charge in [-0.3, -0.25) is 4.99 Å². The smallest absolute Gasteiger partial charge is 0.191 e. The summed E-state index contributed by atoms with van der Waals surface area (Å²) in [5, 5.41) is 6.60. The molecule has 0 aliphatic heterocycles. The van der Waals surface area contributed by atoms with E-state index in [1.54, 1.807) is 6.26 Å². The molecule has 1 unspecified atom stereocenters. The molecule has 0 aliphatic rings. The normalized spacial score (nSPS) is 12.8. The van der Waals surface area contributed by atoms with E-state index in [9.17, 15) is 0 Å². The van der Waals surface area contributed by atoms with Gasteiger partial charge in [-0.25, -0.2) is 0 Å². The minimum atomic E-state index is 0.365. The molecule has 2 rings (SSSR count). The van der Waals surface area contributed by atoms with Gasteiger partial charge in [-0.15, -0.1) is 0 Å². The van der Waals surface area contributed by atoms with Crippen LogP contribution in [0.5, 0.6) is 0 Å². The first-order valence-electron chi connectivity index (χ1n) is 8.94. The largest absolute Gasteiger partial charge is 0.469 e. The zero-order valence-electron chi connectivity index (χ0n) is 15.2. The molecule has 2 aromatic rings. The molecule has 5 heteroatoms. The molecular weight excluding hydrogens is 314 g/mol. The van der Waals surface area contributed by atoms with E-state index in [4.69, 9.17) is 9.15 Å². The molecule has 0 bridgehead atoms. The van der Waals surface area contributed by atoms with Gasteiger partial charge in [0.15, 0.2) is 5.96 Å². The number of aliphatic imine (C=N–C) groups is 1. The fourth-order valence-electron chi connectivity index (χ4n) is 2.35. The Morgan fingerprint density at radius 3 is 2.72 bits per heavy atom. The van der Waals surface area contributed by atoms with Gasteiger partial charge >= 0.3 is 0 Å². The van der Waals surface area contributed by atoms with Gasteiger partial charge in [-0.05, 0) is 30.5 Å². The third-order valence-electron chi connectivity index (χ3n) is 3.66. The van der Waals surface area contributed by atoms with Crippen molar-refractivity contribution in [1.29, 1.82) is 0 Å². The van der Waals surface area contributed by atoms with E-state index in [1.165, 1.54) is 5.56 Å². The highest BCUT2D eigenvalue weighted by Gasteiger charge is 2.04. The molecule has 0 saturated carbocycles. The maximum atomic E-state index is 5.78. The molecule has 0 amide bonds. The molecule has 0 aliphatic carbocycles. The number of guanidine groups is 1. The average molecular weight is 343 g/mol. The number of benzene rings is 1. The van der Waals surface area contributed by atoms with Crippen molar-refractivity contribution in [2.24, 2.45) is 10.9 Å². The molecule has 1 aromatic heterocycles. The minimum absolute atomic E-state index is 0.365. The molecule has 0 spiro atoms. The Kier molecular flexibility index (Phi) is 8.63. The lowest BCUT2D eigenvalue weighted by atomic mass is 10.2. The molecule has 2 N–H and O–H groups in total. The number of hydrogen-bond donors (Lipinski definition) is 2. The maximum absolute atomic E-state index is 5.78. The van der Waals surface area contributed by atoms with Crippen molar-refractivity contribution in [1.82, 2.24) is 10.6 Å². The van der Waals surface area contributed by atoms with Crippen LogP contribution in [0.4, 0.5) is 0 Å². The lowest BCUT2D eigenvalue weighted by Gasteiger charge is -2.13. The second-order valence-corrected chi connectivity index (χ2v) is 6.08. The van der Waals surface area contributed by atoms with E-state index in [0.717, 1.165) is 37.8 Å². The second-order valence-electron chi connectivity index (χ2n) is 6.08. The maximum Gasteiger partial charge on any atom is 0.191 e. The number of furan rings is 1. The first-order chi connectivity index (χ1) is 12.3. The van der Waals surface area contributed by atoms with Crippen molar-refractivity contribution in [3.63, 3.8) is 0 Å². The summed E-state index contributed by atoms with van der Waals surface area (Å²) in [5.74, 6) is 2.18. The Morgan fingerprint density at radius 1 is 1.16 bits per heavy atom. The number of nitrogens with one attached hydrogen (secondary N) is 2. The van der Waals surface area contributed by atoms with Gasteiger partial charge < -0.3 is 19.8 Å². The highest BCUT2D eigenvalue weighted by molar-refractivity contribution is 5.79. The molecule has 0 fully saturated rings. The van der Waals surface area contributed by atoms with Gasteiger partial charge in [-0.2, -0.15) is 0 Å². The van der Waals surface area contributed by atoms with Crippen LogP contribution >= 0.6 is 0 Å². The lowest BCUT2D eigenvalue weighted by Crippen LogP contribution is -2.38. The summed E-state index contributed by atoms with van der Waals surface area (Å²) in [6, 6.07) is 14.1. The van der Waals surface area contributed by atoms with Gasteiger partial charge in [0.25, 0.3) is 0 Å². The summed E-state index contributed by atoms with van der Waals surface area (Å²) in [7, 11) is 0. The van der Waals surface area contributed by atoms with Crippen LogP contribution in [0.1, 0.15) is 25.2 Å². The van der Waals surface area contributed by atoms with Gasteiger partial charge in [0, 0.05) is 26.1 Å². The lowest BCUT2D eigenvalue weighted by molar-refractivity contribution is 0.0945. The summed E-state index contributed by atoms with van der Waals surface area (Å²) < 4.78 is 11.1. The van der Waals surface area contributed by atoms with Crippen LogP contribution < -0.4 is 10.6 Å². The summed E-state index contributed by atoms with van der Waals surface area (Å²) in [4.78, 5) is 4.64. The summed E-state index contributed by atoms with van der Waals surface area (Å²) >= 11 is 0. The Hall–Kier alpha value is -2.27. The van der Waals surface area contributed by atoms with Crippen molar-refractivity contribution in [3.05, 3.63) is 60.1 Å². The summed E-state index contributed by atoms with van der Waals surface area (Å²) in [6.45, 7) is 7.92. The standard InChI is InChI=1S/C20H29N3O2/c1-3-21-20(22-12-11-19-10-7-13-25-19)23-14-17(2)15-24-16-18-8-5-4-6-9-18/h4-10,13,17H,3,11-12,14-16H2,1-2H3,(H2,21,22,23). The molecule has 25 heavy (non-hydrogen) atoms. The van der Waals surface area contributed by atoms with Gasteiger partial charge in [-0.1, -0.05) is 37.3 Å². The number of rotatable bonds is 10. The molecule has 1 atom stereocenters. The minimum Gasteiger partial charge on any atom is -0.469 e. The van der Waals surface area contributed by atoms with E-state index in [0.29, 0.717) is 19.1 Å². The third kappa shape index (κ3) is 7.90. The van der Waals surface area contributed by atoms with Gasteiger partial charge in [0.2, 0.25) is 0 Å². The van der Waals surface area contributed by atoms with Crippen LogP contribution in [0.2, 0.25) is 0 Å². The third-order valence-corrected chi connectivity index (χ3v) is 3.66. The zero-order valence-corrected chi connectivity index (χ0v) is 15.2. The molecule has 0 radical (unpaired) electrons. The first-order valence-corrected chi connectivity index (χ1v) is 8.94. The predicted octanol–water partition coefficient (Wildman–Crippen LogP) is 3.23. The first kappa shape index (κ1) is 19.1. The molecule has 1 heterocycles. The van der Waals surface area contributed by atoms with Crippen LogP contribution in [0.25, 0.3) is 0 Å². The van der Waals surface area contributed by atoms with Crippen molar-refractivity contribution >= 4 is 5.96 Å². The topological polar surface area (TPSA) is 58.8 Å². The van der Waals surface area contributed by atoms with E-state index in [2.05, 4.69) is 41.6 Å². The van der Waals surface area contributed by atoms with Gasteiger partial charge in [0.05, 0.1) is 19.5 Å². The number of ether oxygens (including phenoxy) is 1. The highest BCUT2D eigenvalue weighted by Crippen LogP contribution is 2.04. The summed E-state index contributed by atoms with van der Waals surface area (Å²) in [6.07, 6.45) is 2.54. The Labute approximate surface area is 150 Å². The Balaban J connectivity index is 1.67. The fraction of sp³-hybridized carbons (Fsp3) is 0.450. The monoisotopic (exact) mass is 343 g/mol. The van der Waals surface area contributed by atoms with E-state index in [1.807, 2.05) is 30.3 Å². The van der Waals surface area contributed by atoms with Crippen molar-refractivity contribution < 1.29 is 9.15 Å². The molecule has 0 saturated heterocycles. The molecule has 1 aromatic carbocycles. The quantitative estimate of drug-likeness (QED) is 0.514. The Morgan fingerprint density at radius 2 is 2.00 bits per heavy atom. The summed E-state index contributed by atoms with van der Waals surface area (Å²) in [5.41, 5.74) is 1.20. The predicted molar refractivity (Wildman–Crippen MR) is 102 cm³/mol.